The first kappa shape index (κ1) is 17.3. The Bertz CT molecular complexity index is 476. The summed E-state index contributed by atoms with van der Waals surface area (Å²) >= 11 is 5.79. The van der Waals surface area contributed by atoms with Gasteiger partial charge in [0.1, 0.15) is 6.04 Å². The fourth-order valence-corrected chi connectivity index (χ4v) is 1.97. The Balaban J connectivity index is 2.39. The van der Waals surface area contributed by atoms with Crippen molar-refractivity contribution in [3.63, 3.8) is 0 Å². The molecule has 0 radical (unpaired) electrons. The molecule has 0 saturated heterocycles. The molecule has 2 amide bonds. The predicted octanol–water partition coefficient (Wildman–Crippen LogP) is 2.68. The Hall–Kier alpha value is -1.75. The number of amides is 2. The van der Waals surface area contributed by atoms with E-state index >= 15 is 0 Å². The zero-order chi connectivity index (χ0) is 15.8. The number of carboxylic acids is 1. The number of halogens is 1. The van der Waals surface area contributed by atoms with Gasteiger partial charge in [-0.1, -0.05) is 44.0 Å². The fraction of sp³-hybridized carbons (Fsp3) is 0.467. The van der Waals surface area contributed by atoms with E-state index in [1.807, 2.05) is 19.1 Å². The summed E-state index contributed by atoms with van der Waals surface area (Å²) < 4.78 is 0. The second-order valence-corrected chi connectivity index (χ2v) is 5.41. The highest BCUT2D eigenvalue weighted by Crippen LogP contribution is 2.10. The second kappa shape index (κ2) is 8.52. The quantitative estimate of drug-likeness (QED) is 0.724. The zero-order valence-corrected chi connectivity index (χ0v) is 13.0. The molecule has 0 aliphatic heterocycles. The number of carboxylic acid groups (broad SMARTS) is 1. The van der Waals surface area contributed by atoms with E-state index in [-0.39, 0.29) is 5.92 Å². The van der Waals surface area contributed by atoms with Gasteiger partial charge >= 0.3 is 12.0 Å². The lowest BCUT2D eigenvalue weighted by atomic mass is 9.99. The lowest BCUT2D eigenvalue weighted by molar-refractivity contribution is -0.140. The second-order valence-electron chi connectivity index (χ2n) is 4.98. The normalized spacial score (nSPS) is 13.3. The SMILES string of the molecule is CC[C@@H](C)[C@H](NC(=O)NCCc1ccc(Cl)cc1)C(=O)O. The van der Waals surface area contributed by atoms with E-state index in [9.17, 15) is 9.59 Å². The molecule has 116 valence electrons. The number of benzene rings is 1. The van der Waals surface area contributed by atoms with Gasteiger partial charge in [-0.3, -0.25) is 0 Å². The third kappa shape index (κ3) is 6.04. The minimum Gasteiger partial charge on any atom is -0.480 e. The van der Waals surface area contributed by atoms with E-state index in [0.717, 1.165) is 5.56 Å². The molecule has 5 nitrogen and oxygen atoms in total. The summed E-state index contributed by atoms with van der Waals surface area (Å²) in [5, 5.41) is 14.9. The van der Waals surface area contributed by atoms with Crippen molar-refractivity contribution in [3.05, 3.63) is 34.9 Å². The zero-order valence-electron chi connectivity index (χ0n) is 12.2. The number of nitrogens with one attached hydrogen (secondary N) is 2. The molecule has 0 bridgehead atoms. The van der Waals surface area contributed by atoms with Crippen LogP contribution in [0.2, 0.25) is 5.02 Å². The molecule has 0 spiro atoms. The average Bonchev–Trinajstić information content (AvgIpc) is 2.45. The lowest BCUT2D eigenvalue weighted by Gasteiger charge is -2.20. The highest BCUT2D eigenvalue weighted by atomic mass is 35.5. The molecule has 2 atom stereocenters. The van der Waals surface area contributed by atoms with Gasteiger partial charge in [-0.25, -0.2) is 9.59 Å². The summed E-state index contributed by atoms with van der Waals surface area (Å²) in [5.74, 6) is -1.14. The van der Waals surface area contributed by atoms with E-state index < -0.39 is 18.0 Å². The maximum absolute atomic E-state index is 11.7. The van der Waals surface area contributed by atoms with Crippen molar-refractivity contribution >= 4 is 23.6 Å². The minimum absolute atomic E-state index is 0.121. The van der Waals surface area contributed by atoms with E-state index in [1.165, 1.54) is 0 Å². The maximum atomic E-state index is 11.7. The van der Waals surface area contributed by atoms with Crippen molar-refractivity contribution in [1.29, 1.82) is 0 Å². The molecule has 0 aliphatic carbocycles. The Morgan fingerprint density at radius 3 is 2.43 bits per heavy atom. The molecule has 0 aliphatic rings. The van der Waals surface area contributed by atoms with Crippen LogP contribution in [0.5, 0.6) is 0 Å². The van der Waals surface area contributed by atoms with E-state index in [4.69, 9.17) is 16.7 Å². The van der Waals surface area contributed by atoms with Crippen LogP contribution in [0.4, 0.5) is 4.79 Å². The van der Waals surface area contributed by atoms with Gasteiger partial charge in [-0.05, 0) is 30.0 Å². The highest BCUT2D eigenvalue weighted by Gasteiger charge is 2.24. The van der Waals surface area contributed by atoms with Crippen LogP contribution in [-0.4, -0.2) is 29.7 Å². The summed E-state index contributed by atoms with van der Waals surface area (Å²) in [5.41, 5.74) is 1.05. The lowest BCUT2D eigenvalue weighted by Crippen LogP contribution is -2.49. The number of hydrogen-bond donors (Lipinski definition) is 3. The van der Waals surface area contributed by atoms with Crippen molar-refractivity contribution in [1.82, 2.24) is 10.6 Å². The van der Waals surface area contributed by atoms with Crippen LogP contribution in [0.1, 0.15) is 25.8 Å². The van der Waals surface area contributed by atoms with Crippen LogP contribution < -0.4 is 10.6 Å². The molecular formula is C15H21ClN2O3. The molecule has 0 fully saturated rings. The molecule has 1 aromatic carbocycles. The van der Waals surface area contributed by atoms with Gasteiger partial charge < -0.3 is 15.7 Å². The summed E-state index contributed by atoms with van der Waals surface area (Å²) in [6.45, 7) is 4.12. The predicted molar refractivity (Wildman–Crippen MR) is 82.6 cm³/mol. The van der Waals surface area contributed by atoms with Crippen LogP contribution in [0, 0.1) is 5.92 Å². The monoisotopic (exact) mass is 312 g/mol. The first-order valence-electron chi connectivity index (χ1n) is 6.95. The Labute approximate surface area is 129 Å². The number of aliphatic carboxylic acids is 1. The van der Waals surface area contributed by atoms with Crippen LogP contribution in [0.3, 0.4) is 0 Å². The van der Waals surface area contributed by atoms with Gasteiger partial charge in [0.2, 0.25) is 0 Å². The maximum Gasteiger partial charge on any atom is 0.326 e. The van der Waals surface area contributed by atoms with Crippen LogP contribution in [0.15, 0.2) is 24.3 Å². The average molecular weight is 313 g/mol. The van der Waals surface area contributed by atoms with Gasteiger partial charge in [0.15, 0.2) is 0 Å². The molecule has 21 heavy (non-hydrogen) atoms. The third-order valence-electron chi connectivity index (χ3n) is 3.38. The molecular weight excluding hydrogens is 292 g/mol. The summed E-state index contributed by atoms with van der Waals surface area (Å²) in [4.78, 5) is 22.8. The fourth-order valence-electron chi connectivity index (χ4n) is 1.85. The van der Waals surface area contributed by atoms with Crippen LogP contribution in [-0.2, 0) is 11.2 Å². The molecule has 1 rings (SSSR count). The topological polar surface area (TPSA) is 78.4 Å². The van der Waals surface area contributed by atoms with Gasteiger partial charge in [0.05, 0.1) is 0 Å². The molecule has 3 N–H and O–H groups in total. The summed E-state index contributed by atoms with van der Waals surface area (Å²) in [7, 11) is 0. The largest absolute Gasteiger partial charge is 0.480 e. The van der Waals surface area contributed by atoms with Crippen molar-refractivity contribution in [2.24, 2.45) is 5.92 Å². The Kier molecular flexibility index (Phi) is 7.02. The van der Waals surface area contributed by atoms with E-state index in [0.29, 0.717) is 24.4 Å². The molecule has 6 heteroatoms. The summed E-state index contributed by atoms with van der Waals surface area (Å²) in [6.07, 6.45) is 1.34. The molecule has 0 aromatic heterocycles. The number of carbonyl (C=O) groups is 2. The van der Waals surface area contributed by atoms with Gasteiger partial charge in [0.25, 0.3) is 0 Å². The number of urea groups is 1. The number of carbonyl (C=O) groups excluding carboxylic acids is 1. The van der Waals surface area contributed by atoms with E-state index in [2.05, 4.69) is 10.6 Å². The first-order chi connectivity index (χ1) is 9.93. The van der Waals surface area contributed by atoms with Gasteiger partial charge in [0, 0.05) is 11.6 Å². The molecule has 0 saturated carbocycles. The number of hydrogen-bond acceptors (Lipinski definition) is 2. The van der Waals surface area contributed by atoms with Crippen molar-refractivity contribution in [3.8, 4) is 0 Å². The molecule has 0 unspecified atom stereocenters. The molecule has 1 aromatic rings. The Morgan fingerprint density at radius 1 is 1.29 bits per heavy atom. The highest BCUT2D eigenvalue weighted by molar-refractivity contribution is 6.30. The van der Waals surface area contributed by atoms with Crippen LogP contribution in [0.25, 0.3) is 0 Å². The van der Waals surface area contributed by atoms with E-state index in [1.54, 1.807) is 19.1 Å². The number of rotatable bonds is 7. The van der Waals surface area contributed by atoms with Crippen molar-refractivity contribution in [2.45, 2.75) is 32.7 Å². The first-order valence-corrected chi connectivity index (χ1v) is 7.33. The van der Waals surface area contributed by atoms with Crippen LogP contribution >= 0.6 is 11.6 Å². The van der Waals surface area contributed by atoms with Gasteiger partial charge in [-0.15, -0.1) is 0 Å². The van der Waals surface area contributed by atoms with Crippen molar-refractivity contribution in [2.75, 3.05) is 6.54 Å². The minimum atomic E-state index is -1.02. The Morgan fingerprint density at radius 2 is 1.90 bits per heavy atom. The third-order valence-corrected chi connectivity index (χ3v) is 3.63. The molecule has 0 heterocycles. The van der Waals surface area contributed by atoms with Crippen molar-refractivity contribution < 1.29 is 14.7 Å². The smallest absolute Gasteiger partial charge is 0.326 e. The standard InChI is InChI=1S/C15H21ClN2O3/c1-3-10(2)13(14(19)20)18-15(21)17-9-8-11-4-6-12(16)7-5-11/h4-7,10,13H,3,8-9H2,1-2H3,(H,19,20)(H2,17,18,21)/t10-,13+/m1/s1. The summed E-state index contributed by atoms with van der Waals surface area (Å²) in [6, 6.07) is 6.03. The van der Waals surface area contributed by atoms with Gasteiger partial charge in [-0.2, -0.15) is 0 Å².